The molecule has 9 nitrogen and oxygen atoms in total. The minimum atomic E-state index is -4.07. The second-order valence-corrected chi connectivity index (χ2v) is 8.61. The van der Waals surface area contributed by atoms with Crippen LogP contribution in [0.1, 0.15) is 36.5 Å². The van der Waals surface area contributed by atoms with E-state index < -0.39 is 34.0 Å². The van der Waals surface area contributed by atoms with Crippen LogP contribution in [0.4, 0.5) is 0 Å². The average Bonchev–Trinajstić information content (AvgIpc) is 3.02. The topological polar surface area (TPSA) is 142 Å². The lowest BCUT2D eigenvalue weighted by Gasteiger charge is -2.25. The summed E-state index contributed by atoms with van der Waals surface area (Å²) in [7, 11) is -4.07. The second-order valence-electron chi connectivity index (χ2n) is 7.07. The van der Waals surface area contributed by atoms with Crippen LogP contribution in [0.15, 0.2) is 21.4 Å². The number of aliphatic carboxylic acids is 1. The van der Waals surface area contributed by atoms with Crippen LogP contribution in [0.5, 0.6) is 0 Å². The average molecular weight is 410 g/mol. The number of nitrogens with one attached hydrogen (secondary N) is 1. The van der Waals surface area contributed by atoms with Gasteiger partial charge >= 0.3 is 5.97 Å². The summed E-state index contributed by atoms with van der Waals surface area (Å²) in [4.78, 5) is 24.8. The van der Waals surface area contributed by atoms with Gasteiger partial charge in [-0.25, -0.2) is 0 Å². The van der Waals surface area contributed by atoms with E-state index in [-0.39, 0.29) is 10.9 Å². The van der Waals surface area contributed by atoms with Crippen LogP contribution in [-0.4, -0.2) is 54.9 Å². The first kappa shape index (κ1) is 21.7. The first-order chi connectivity index (χ1) is 12.9. The molecule has 1 aliphatic heterocycles. The van der Waals surface area contributed by atoms with Gasteiger partial charge in [0.25, 0.3) is 10.0 Å². The monoisotopic (exact) mass is 410 g/mol. The number of carboxylic acid groups (broad SMARTS) is 1. The lowest BCUT2D eigenvalue weighted by Crippen LogP contribution is -2.51. The zero-order chi connectivity index (χ0) is 21.2. The molecule has 10 heteroatoms. The fourth-order valence-corrected chi connectivity index (χ4v) is 4.85. The molecule has 1 amide bonds. The Morgan fingerprint density at radius 3 is 2.39 bits per heavy atom. The quantitative estimate of drug-likeness (QED) is 0.478. The molecular formula is C18H26N4O5S. The van der Waals surface area contributed by atoms with Crippen molar-refractivity contribution in [2.45, 2.75) is 57.5 Å². The first-order valence-electron chi connectivity index (χ1n) is 8.92. The SMILES string of the molecule is Cc1cc(C)c(S(=O)(=O)/N=C(/N)N2CCC[C@@H]2C(=O)N[C@@H](C)C(=O)O)c(C)c1. The zero-order valence-corrected chi connectivity index (χ0v) is 17.2. The Balaban J connectivity index is 2.31. The highest BCUT2D eigenvalue weighted by atomic mass is 32.2. The van der Waals surface area contributed by atoms with Crippen LogP contribution < -0.4 is 11.1 Å². The molecule has 154 valence electrons. The molecule has 2 atom stereocenters. The van der Waals surface area contributed by atoms with E-state index in [1.807, 2.05) is 6.92 Å². The Hall–Kier alpha value is -2.62. The van der Waals surface area contributed by atoms with E-state index in [9.17, 15) is 18.0 Å². The summed E-state index contributed by atoms with van der Waals surface area (Å²) in [5.41, 5.74) is 8.03. The second kappa shape index (κ2) is 8.17. The fourth-order valence-electron chi connectivity index (χ4n) is 3.48. The van der Waals surface area contributed by atoms with Gasteiger partial charge in [0.05, 0.1) is 4.90 Å². The van der Waals surface area contributed by atoms with E-state index in [1.165, 1.54) is 11.8 Å². The van der Waals surface area contributed by atoms with Crippen molar-refractivity contribution in [3.05, 3.63) is 28.8 Å². The molecular weight excluding hydrogens is 384 g/mol. The maximum atomic E-state index is 12.8. The van der Waals surface area contributed by atoms with E-state index in [0.29, 0.717) is 30.5 Å². The number of benzene rings is 1. The van der Waals surface area contributed by atoms with Gasteiger partial charge in [-0.2, -0.15) is 8.42 Å². The van der Waals surface area contributed by atoms with Gasteiger partial charge in [0, 0.05) is 6.54 Å². The molecule has 0 saturated carbocycles. The molecule has 0 radical (unpaired) electrons. The number of carbonyl (C=O) groups excluding carboxylic acids is 1. The molecule has 1 aromatic carbocycles. The van der Waals surface area contributed by atoms with Gasteiger partial charge in [-0.1, -0.05) is 17.7 Å². The lowest BCUT2D eigenvalue weighted by molar-refractivity contribution is -0.141. The third kappa shape index (κ3) is 4.61. The van der Waals surface area contributed by atoms with Gasteiger partial charge in [0.15, 0.2) is 0 Å². The zero-order valence-electron chi connectivity index (χ0n) is 16.4. The number of guanidine groups is 1. The van der Waals surface area contributed by atoms with Gasteiger partial charge in [-0.05, 0) is 51.7 Å². The predicted molar refractivity (Wildman–Crippen MR) is 104 cm³/mol. The summed E-state index contributed by atoms with van der Waals surface area (Å²) in [5.74, 6) is -1.96. The number of aryl methyl sites for hydroxylation is 3. The molecule has 28 heavy (non-hydrogen) atoms. The van der Waals surface area contributed by atoms with Gasteiger partial charge in [-0.3, -0.25) is 9.59 Å². The lowest BCUT2D eigenvalue weighted by atomic mass is 10.1. The third-order valence-electron chi connectivity index (χ3n) is 4.66. The Morgan fingerprint density at radius 2 is 1.86 bits per heavy atom. The molecule has 0 spiro atoms. The van der Waals surface area contributed by atoms with Crippen LogP contribution in [0.3, 0.4) is 0 Å². The molecule has 0 aliphatic carbocycles. The van der Waals surface area contributed by atoms with Crippen molar-refractivity contribution in [2.24, 2.45) is 10.1 Å². The predicted octanol–water partition coefficient (Wildman–Crippen LogP) is 0.669. The molecule has 0 bridgehead atoms. The molecule has 1 aromatic rings. The van der Waals surface area contributed by atoms with Gasteiger partial charge in [-0.15, -0.1) is 4.40 Å². The number of amides is 1. The minimum absolute atomic E-state index is 0.0979. The summed E-state index contributed by atoms with van der Waals surface area (Å²) in [6.07, 6.45) is 1.04. The van der Waals surface area contributed by atoms with Crippen molar-refractivity contribution in [3.8, 4) is 0 Å². The van der Waals surface area contributed by atoms with Gasteiger partial charge in [0.1, 0.15) is 12.1 Å². The van der Waals surface area contributed by atoms with E-state index in [1.54, 1.807) is 26.0 Å². The summed E-state index contributed by atoms with van der Waals surface area (Å²) < 4.78 is 29.4. The summed E-state index contributed by atoms with van der Waals surface area (Å²) in [6, 6.07) is 1.69. The Morgan fingerprint density at radius 1 is 1.29 bits per heavy atom. The summed E-state index contributed by atoms with van der Waals surface area (Å²) in [6.45, 7) is 6.97. The number of rotatable bonds is 5. The maximum absolute atomic E-state index is 12.8. The van der Waals surface area contributed by atoms with E-state index in [4.69, 9.17) is 10.8 Å². The number of hydrogen-bond donors (Lipinski definition) is 3. The standard InChI is InChI=1S/C18H26N4O5S/c1-10-8-11(2)15(12(3)9-10)28(26,27)21-18(19)22-7-5-6-14(22)16(23)20-13(4)17(24)25/h8-9,13-14H,5-7H2,1-4H3,(H2,19,21)(H,20,23)(H,24,25)/t13-,14+/m0/s1. The van der Waals surface area contributed by atoms with Crippen molar-refractivity contribution in [1.82, 2.24) is 10.2 Å². The number of nitrogens with two attached hydrogens (primary N) is 1. The number of carboxylic acids is 1. The van der Waals surface area contributed by atoms with Crippen LogP contribution in [0.25, 0.3) is 0 Å². The molecule has 4 N–H and O–H groups in total. The largest absolute Gasteiger partial charge is 0.480 e. The van der Waals surface area contributed by atoms with Crippen molar-refractivity contribution in [1.29, 1.82) is 0 Å². The molecule has 1 aliphatic rings. The summed E-state index contributed by atoms with van der Waals surface area (Å²) in [5, 5.41) is 11.3. The van der Waals surface area contributed by atoms with E-state index in [2.05, 4.69) is 9.71 Å². The van der Waals surface area contributed by atoms with Crippen LogP contribution >= 0.6 is 0 Å². The normalized spacial score (nSPS) is 18.8. The molecule has 1 saturated heterocycles. The number of hydrogen-bond acceptors (Lipinski definition) is 4. The van der Waals surface area contributed by atoms with Crippen molar-refractivity contribution in [2.75, 3.05) is 6.54 Å². The fraction of sp³-hybridized carbons (Fsp3) is 0.500. The molecule has 1 fully saturated rings. The minimum Gasteiger partial charge on any atom is -0.480 e. The highest BCUT2D eigenvalue weighted by Crippen LogP contribution is 2.25. The van der Waals surface area contributed by atoms with Crippen LogP contribution in [0, 0.1) is 20.8 Å². The van der Waals surface area contributed by atoms with Gasteiger partial charge in [0.2, 0.25) is 11.9 Å². The Labute approximate surface area is 164 Å². The molecule has 1 heterocycles. The Bertz CT molecular complexity index is 903. The molecule has 2 rings (SSSR count). The van der Waals surface area contributed by atoms with Crippen molar-refractivity contribution < 1.29 is 23.1 Å². The summed E-state index contributed by atoms with van der Waals surface area (Å²) >= 11 is 0. The molecule has 0 aromatic heterocycles. The van der Waals surface area contributed by atoms with Crippen LogP contribution in [-0.2, 0) is 19.6 Å². The number of carbonyl (C=O) groups is 2. The smallest absolute Gasteiger partial charge is 0.325 e. The van der Waals surface area contributed by atoms with Crippen molar-refractivity contribution in [3.63, 3.8) is 0 Å². The number of nitrogens with zero attached hydrogens (tertiary/aromatic N) is 2. The van der Waals surface area contributed by atoms with Gasteiger partial charge < -0.3 is 21.1 Å². The third-order valence-corrected chi connectivity index (χ3v) is 6.24. The van der Waals surface area contributed by atoms with E-state index >= 15 is 0 Å². The highest BCUT2D eigenvalue weighted by molar-refractivity contribution is 7.90. The first-order valence-corrected chi connectivity index (χ1v) is 10.4. The maximum Gasteiger partial charge on any atom is 0.325 e. The number of likely N-dealkylation sites (tertiary alicyclic amines) is 1. The number of sulfonamides is 1. The highest BCUT2D eigenvalue weighted by Gasteiger charge is 2.34. The van der Waals surface area contributed by atoms with Crippen molar-refractivity contribution >= 4 is 27.9 Å². The Kier molecular flexibility index (Phi) is 6.33. The van der Waals surface area contributed by atoms with Crippen LogP contribution in [0.2, 0.25) is 0 Å². The molecule has 0 unspecified atom stereocenters. The van der Waals surface area contributed by atoms with E-state index in [0.717, 1.165) is 5.56 Å².